The van der Waals surface area contributed by atoms with E-state index in [-0.39, 0.29) is 41.3 Å². The third-order valence-corrected chi connectivity index (χ3v) is 8.01. The number of halogens is 1. The highest BCUT2D eigenvalue weighted by Gasteiger charge is 2.41. The number of pyridine rings is 2. The van der Waals surface area contributed by atoms with Crippen LogP contribution in [0.25, 0.3) is 20.8 Å². The van der Waals surface area contributed by atoms with Crippen LogP contribution in [-0.2, 0) is 16.0 Å². The Balaban J connectivity index is 1.53. The van der Waals surface area contributed by atoms with E-state index in [1.165, 1.54) is 11.3 Å². The van der Waals surface area contributed by atoms with E-state index in [4.69, 9.17) is 9.47 Å². The minimum Gasteiger partial charge on any atom is -0.444 e. The molecule has 2 aliphatic rings. The Labute approximate surface area is 248 Å². The number of hydrogen-bond acceptors (Lipinski definition) is 9. The van der Waals surface area contributed by atoms with Crippen molar-refractivity contribution in [3.8, 4) is 10.6 Å². The molecule has 0 saturated heterocycles. The topological polar surface area (TPSA) is 123 Å². The summed E-state index contributed by atoms with van der Waals surface area (Å²) >= 11 is 1.33. The Morgan fingerprint density at radius 1 is 1.07 bits per heavy atom. The fourth-order valence-electron chi connectivity index (χ4n) is 5.20. The maximum absolute atomic E-state index is 16.2. The smallest absolute Gasteiger partial charge is 0.417 e. The van der Waals surface area contributed by atoms with Gasteiger partial charge in [0.05, 0.1) is 28.7 Å². The number of imide groups is 1. The molecule has 1 aliphatic carbocycles. The average Bonchev–Trinajstić information content (AvgIpc) is 3.46. The quantitative estimate of drug-likeness (QED) is 0.343. The molecule has 42 heavy (non-hydrogen) atoms. The van der Waals surface area contributed by atoms with Crippen LogP contribution in [0, 0.1) is 5.82 Å². The fourth-order valence-corrected chi connectivity index (χ4v) is 6.19. The number of amides is 3. The molecule has 4 heterocycles. The number of thiophene rings is 1. The average molecular weight is 598 g/mol. The highest BCUT2D eigenvalue weighted by Crippen LogP contribution is 2.40. The van der Waals surface area contributed by atoms with Crippen LogP contribution in [0.2, 0.25) is 0 Å². The number of nitrogens with one attached hydrogen (secondary N) is 2. The summed E-state index contributed by atoms with van der Waals surface area (Å²) in [6, 6.07) is 4.91. The standard InChI is InChI=1S/C30H36FN5O5S/c1-29(2,3)40-27(38)34-19-12-8-7-11-18(19)33-24-22(31)17-15-36(28(39)41-30(4,5)6)26(37)21(17)23(35-24)20-14-16-10-9-13-32-25(16)42-20/h9-10,13-14,18-19H,7-8,11-12,15H2,1-6H3,(H,33,35)(H,34,38). The van der Waals surface area contributed by atoms with Crippen LogP contribution >= 0.6 is 11.3 Å². The van der Waals surface area contributed by atoms with Crippen LogP contribution in [0.15, 0.2) is 24.4 Å². The highest BCUT2D eigenvalue weighted by atomic mass is 32.1. The maximum atomic E-state index is 16.2. The van der Waals surface area contributed by atoms with Crippen LogP contribution < -0.4 is 10.6 Å². The van der Waals surface area contributed by atoms with Crippen molar-refractivity contribution in [2.75, 3.05) is 5.32 Å². The Kier molecular flexibility index (Phi) is 7.86. The van der Waals surface area contributed by atoms with Crippen molar-refractivity contribution in [3.05, 3.63) is 41.3 Å². The molecule has 5 rings (SSSR count). The minimum atomic E-state index is -0.851. The Morgan fingerprint density at radius 2 is 1.76 bits per heavy atom. The molecular weight excluding hydrogens is 561 g/mol. The maximum Gasteiger partial charge on any atom is 0.417 e. The molecule has 0 radical (unpaired) electrons. The van der Waals surface area contributed by atoms with E-state index >= 15 is 4.39 Å². The van der Waals surface area contributed by atoms with Gasteiger partial charge in [0.1, 0.15) is 16.0 Å². The second-order valence-corrected chi connectivity index (χ2v) is 13.7. The highest BCUT2D eigenvalue weighted by molar-refractivity contribution is 7.21. The van der Waals surface area contributed by atoms with Gasteiger partial charge in [-0.05, 0) is 66.5 Å². The van der Waals surface area contributed by atoms with Gasteiger partial charge in [-0.15, -0.1) is 11.3 Å². The molecule has 2 N–H and O–H groups in total. The zero-order valence-corrected chi connectivity index (χ0v) is 25.5. The fraction of sp³-hybridized carbons (Fsp3) is 0.500. The molecule has 0 spiro atoms. The molecule has 12 heteroatoms. The SMILES string of the molecule is CC(C)(C)OC(=O)NC1CCCCC1Nc1nc(-c2cc3cccnc3s2)c2c(c1F)CN(C(=O)OC(C)(C)C)C2=O. The van der Waals surface area contributed by atoms with Crippen molar-refractivity contribution in [2.45, 2.75) is 97.1 Å². The van der Waals surface area contributed by atoms with E-state index in [2.05, 4.69) is 20.6 Å². The second-order valence-electron chi connectivity index (χ2n) is 12.6. The summed E-state index contributed by atoms with van der Waals surface area (Å²) in [6.45, 7) is 10.2. The summed E-state index contributed by atoms with van der Waals surface area (Å²) in [4.78, 5) is 50.4. The lowest BCUT2D eigenvalue weighted by Crippen LogP contribution is -2.50. The first kappa shape index (κ1) is 29.7. The van der Waals surface area contributed by atoms with E-state index < -0.39 is 35.1 Å². The van der Waals surface area contributed by atoms with Crippen molar-refractivity contribution in [1.29, 1.82) is 0 Å². The van der Waals surface area contributed by atoms with Gasteiger partial charge in [-0.2, -0.15) is 0 Å². The van der Waals surface area contributed by atoms with Crippen molar-refractivity contribution in [3.63, 3.8) is 0 Å². The third-order valence-electron chi connectivity index (χ3n) is 6.94. The number of rotatable bonds is 4. The summed E-state index contributed by atoms with van der Waals surface area (Å²) in [7, 11) is 0. The van der Waals surface area contributed by atoms with Gasteiger partial charge >= 0.3 is 12.2 Å². The van der Waals surface area contributed by atoms with Gasteiger partial charge in [0.15, 0.2) is 11.6 Å². The number of alkyl carbamates (subject to hydrolysis) is 1. The van der Waals surface area contributed by atoms with Gasteiger partial charge < -0.3 is 20.1 Å². The van der Waals surface area contributed by atoms with Gasteiger partial charge in [-0.25, -0.2) is 28.8 Å². The number of anilines is 1. The van der Waals surface area contributed by atoms with E-state index in [1.54, 1.807) is 47.7 Å². The van der Waals surface area contributed by atoms with Gasteiger partial charge in [0, 0.05) is 23.2 Å². The van der Waals surface area contributed by atoms with E-state index in [0.717, 1.165) is 28.0 Å². The van der Waals surface area contributed by atoms with Crippen molar-refractivity contribution in [1.82, 2.24) is 20.2 Å². The summed E-state index contributed by atoms with van der Waals surface area (Å²) < 4.78 is 27.1. The zero-order valence-electron chi connectivity index (χ0n) is 24.7. The first-order chi connectivity index (χ1) is 19.7. The van der Waals surface area contributed by atoms with Crippen LogP contribution in [0.1, 0.15) is 83.1 Å². The Hall–Kier alpha value is -3.80. The monoisotopic (exact) mass is 597 g/mol. The van der Waals surface area contributed by atoms with Crippen LogP contribution in [0.3, 0.4) is 0 Å². The molecule has 0 aromatic carbocycles. The molecule has 0 bridgehead atoms. The normalized spacial score (nSPS) is 19.0. The number of carbonyl (C=O) groups is 3. The molecule has 10 nitrogen and oxygen atoms in total. The molecular formula is C30H36FN5O5S. The second kappa shape index (κ2) is 11.1. The predicted molar refractivity (Wildman–Crippen MR) is 158 cm³/mol. The molecule has 1 saturated carbocycles. The van der Waals surface area contributed by atoms with Gasteiger partial charge in [0.2, 0.25) is 0 Å². The molecule has 3 aromatic heterocycles. The van der Waals surface area contributed by atoms with E-state index in [0.29, 0.717) is 17.7 Å². The molecule has 2 unspecified atom stereocenters. The Bertz CT molecular complexity index is 1510. The number of carbonyl (C=O) groups excluding carboxylic acids is 3. The van der Waals surface area contributed by atoms with Crippen molar-refractivity contribution < 1.29 is 28.2 Å². The van der Waals surface area contributed by atoms with Crippen molar-refractivity contribution in [2.24, 2.45) is 0 Å². The lowest BCUT2D eigenvalue weighted by atomic mass is 9.90. The third kappa shape index (κ3) is 6.33. The molecule has 1 aliphatic heterocycles. The molecule has 3 aromatic rings. The molecule has 1 fully saturated rings. The van der Waals surface area contributed by atoms with Gasteiger partial charge in [-0.3, -0.25) is 4.79 Å². The molecule has 224 valence electrons. The van der Waals surface area contributed by atoms with E-state index in [1.807, 2.05) is 18.2 Å². The number of fused-ring (bicyclic) bond motifs is 2. The first-order valence-electron chi connectivity index (χ1n) is 14.1. The largest absolute Gasteiger partial charge is 0.444 e. The lowest BCUT2D eigenvalue weighted by Gasteiger charge is -2.34. The number of ether oxygens (including phenoxy) is 2. The number of aromatic nitrogens is 2. The summed E-state index contributed by atoms with van der Waals surface area (Å²) in [5, 5.41) is 7.01. The Morgan fingerprint density at radius 3 is 2.43 bits per heavy atom. The summed E-state index contributed by atoms with van der Waals surface area (Å²) in [5.74, 6) is -1.43. The van der Waals surface area contributed by atoms with Crippen LogP contribution in [0.5, 0.6) is 0 Å². The van der Waals surface area contributed by atoms with Crippen molar-refractivity contribution >= 4 is 45.5 Å². The van der Waals surface area contributed by atoms with E-state index in [9.17, 15) is 14.4 Å². The molecule has 2 atom stereocenters. The number of hydrogen-bond donors (Lipinski definition) is 2. The molecule has 3 amide bonds. The van der Waals surface area contributed by atoms with Gasteiger partial charge in [-0.1, -0.05) is 18.9 Å². The van der Waals surface area contributed by atoms with Gasteiger partial charge in [0.25, 0.3) is 5.91 Å². The lowest BCUT2D eigenvalue weighted by molar-refractivity contribution is 0.0247. The summed E-state index contributed by atoms with van der Waals surface area (Å²) in [5.41, 5.74) is -1.14. The van der Waals surface area contributed by atoms with Crippen LogP contribution in [-0.4, -0.2) is 56.2 Å². The minimum absolute atomic E-state index is 0.0301. The zero-order chi connectivity index (χ0) is 30.4. The summed E-state index contributed by atoms with van der Waals surface area (Å²) in [6.07, 6.45) is 3.42. The predicted octanol–water partition coefficient (Wildman–Crippen LogP) is 6.64. The van der Waals surface area contributed by atoms with Crippen LogP contribution in [0.4, 0.5) is 19.8 Å². The number of nitrogens with zero attached hydrogens (tertiary/aromatic N) is 3. The first-order valence-corrected chi connectivity index (χ1v) is 14.9.